The van der Waals surface area contributed by atoms with Gasteiger partial charge in [0.2, 0.25) is 5.91 Å². The van der Waals surface area contributed by atoms with Crippen LogP contribution in [0.3, 0.4) is 0 Å². The van der Waals surface area contributed by atoms with Gasteiger partial charge in [0.1, 0.15) is 0 Å². The monoisotopic (exact) mass is 274 g/mol. The SMILES string of the molecule is Cc1cc(C(N)=O)ccc1CNc1ccc(Cl)cc1. The number of nitrogens with one attached hydrogen (secondary N) is 1. The lowest BCUT2D eigenvalue weighted by atomic mass is 10.0. The Hall–Kier alpha value is -2.00. The van der Waals surface area contributed by atoms with E-state index in [1.165, 1.54) is 0 Å². The number of halogens is 1. The molecular formula is C15H15ClN2O. The average Bonchev–Trinajstić information content (AvgIpc) is 2.39. The van der Waals surface area contributed by atoms with E-state index < -0.39 is 5.91 Å². The van der Waals surface area contributed by atoms with Crippen LogP contribution in [-0.2, 0) is 6.54 Å². The summed E-state index contributed by atoms with van der Waals surface area (Å²) >= 11 is 5.83. The van der Waals surface area contributed by atoms with Crippen molar-refractivity contribution in [2.24, 2.45) is 5.73 Å². The highest BCUT2D eigenvalue weighted by Gasteiger charge is 2.04. The average molecular weight is 275 g/mol. The molecule has 0 saturated carbocycles. The molecule has 2 aromatic carbocycles. The van der Waals surface area contributed by atoms with E-state index in [2.05, 4.69) is 5.32 Å². The Bertz CT molecular complexity index is 594. The fourth-order valence-corrected chi connectivity index (χ4v) is 1.94. The van der Waals surface area contributed by atoms with Gasteiger partial charge in [0.25, 0.3) is 0 Å². The van der Waals surface area contributed by atoms with Crippen LogP contribution in [0.2, 0.25) is 5.02 Å². The van der Waals surface area contributed by atoms with Crippen molar-refractivity contribution in [1.29, 1.82) is 0 Å². The van der Waals surface area contributed by atoms with Crippen LogP contribution in [0, 0.1) is 6.92 Å². The van der Waals surface area contributed by atoms with Crippen molar-refractivity contribution in [3.05, 3.63) is 64.2 Å². The molecule has 0 unspecified atom stereocenters. The molecule has 0 bridgehead atoms. The summed E-state index contributed by atoms with van der Waals surface area (Å²) in [7, 11) is 0. The van der Waals surface area contributed by atoms with Crippen LogP contribution in [0.1, 0.15) is 21.5 Å². The molecule has 0 aliphatic rings. The van der Waals surface area contributed by atoms with Gasteiger partial charge < -0.3 is 11.1 Å². The van der Waals surface area contributed by atoms with Gasteiger partial charge in [0.05, 0.1) is 0 Å². The summed E-state index contributed by atoms with van der Waals surface area (Å²) in [6.07, 6.45) is 0. The lowest BCUT2D eigenvalue weighted by Crippen LogP contribution is -2.11. The van der Waals surface area contributed by atoms with Crippen molar-refractivity contribution in [3.8, 4) is 0 Å². The predicted octanol–water partition coefficient (Wildman–Crippen LogP) is 3.36. The first-order chi connectivity index (χ1) is 9.06. The lowest BCUT2D eigenvalue weighted by molar-refractivity contribution is 0.1000. The molecular weight excluding hydrogens is 260 g/mol. The topological polar surface area (TPSA) is 55.1 Å². The van der Waals surface area contributed by atoms with Crippen LogP contribution in [0.25, 0.3) is 0 Å². The first-order valence-electron chi connectivity index (χ1n) is 5.95. The quantitative estimate of drug-likeness (QED) is 0.898. The number of rotatable bonds is 4. The van der Waals surface area contributed by atoms with Crippen molar-refractivity contribution in [2.45, 2.75) is 13.5 Å². The normalized spacial score (nSPS) is 10.2. The molecule has 0 radical (unpaired) electrons. The minimum atomic E-state index is -0.402. The third-order valence-corrected chi connectivity index (χ3v) is 3.21. The molecule has 1 amide bonds. The summed E-state index contributed by atoms with van der Waals surface area (Å²) in [6.45, 7) is 2.65. The molecule has 0 aliphatic heterocycles. The smallest absolute Gasteiger partial charge is 0.248 e. The minimum Gasteiger partial charge on any atom is -0.381 e. The van der Waals surface area contributed by atoms with E-state index in [-0.39, 0.29) is 0 Å². The summed E-state index contributed by atoms with van der Waals surface area (Å²) in [5.74, 6) is -0.402. The summed E-state index contributed by atoms with van der Waals surface area (Å²) < 4.78 is 0. The highest BCUT2D eigenvalue weighted by molar-refractivity contribution is 6.30. The Labute approximate surface area is 117 Å². The first-order valence-corrected chi connectivity index (χ1v) is 6.33. The molecule has 0 heterocycles. The van der Waals surface area contributed by atoms with Gasteiger partial charge in [0.15, 0.2) is 0 Å². The second-order valence-electron chi connectivity index (χ2n) is 4.37. The number of benzene rings is 2. The molecule has 3 nitrogen and oxygen atoms in total. The number of anilines is 1. The summed E-state index contributed by atoms with van der Waals surface area (Å²) in [4.78, 5) is 11.1. The molecule has 98 valence electrons. The zero-order chi connectivity index (χ0) is 13.8. The van der Waals surface area contributed by atoms with Crippen molar-refractivity contribution >= 4 is 23.2 Å². The molecule has 4 heteroatoms. The third-order valence-electron chi connectivity index (χ3n) is 2.95. The number of amides is 1. The van der Waals surface area contributed by atoms with Gasteiger partial charge in [-0.15, -0.1) is 0 Å². The van der Waals surface area contributed by atoms with Crippen molar-refractivity contribution < 1.29 is 4.79 Å². The lowest BCUT2D eigenvalue weighted by Gasteiger charge is -2.10. The van der Waals surface area contributed by atoms with E-state index in [1.54, 1.807) is 12.1 Å². The molecule has 2 rings (SSSR count). The van der Waals surface area contributed by atoms with E-state index in [1.807, 2.05) is 37.3 Å². The second-order valence-corrected chi connectivity index (χ2v) is 4.80. The Morgan fingerprint density at radius 2 is 1.89 bits per heavy atom. The standard InChI is InChI=1S/C15H15ClN2O/c1-10-8-11(15(17)19)2-3-12(10)9-18-14-6-4-13(16)5-7-14/h2-8,18H,9H2,1H3,(H2,17,19). The molecule has 0 aliphatic carbocycles. The zero-order valence-electron chi connectivity index (χ0n) is 10.6. The number of hydrogen-bond acceptors (Lipinski definition) is 2. The fraction of sp³-hybridized carbons (Fsp3) is 0.133. The number of aryl methyl sites for hydroxylation is 1. The predicted molar refractivity (Wildman–Crippen MR) is 78.5 cm³/mol. The maximum atomic E-state index is 11.1. The van der Waals surface area contributed by atoms with Gasteiger partial charge >= 0.3 is 0 Å². The van der Waals surface area contributed by atoms with Gasteiger partial charge in [-0.3, -0.25) is 4.79 Å². The molecule has 0 aromatic heterocycles. The van der Waals surface area contributed by atoms with E-state index >= 15 is 0 Å². The van der Waals surface area contributed by atoms with Gasteiger partial charge in [-0.25, -0.2) is 0 Å². The maximum absolute atomic E-state index is 11.1. The summed E-state index contributed by atoms with van der Waals surface area (Å²) in [5, 5.41) is 4.02. The Balaban J connectivity index is 2.07. The number of carbonyl (C=O) groups is 1. The van der Waals surface area contributed by atoms with Crippen molar-refractivity contribution in [1.82, 2.24) is 0 Å². The summed E-state index contributed by atoms with van der Waals surface area (Å²) in [5.41, 5.74) is 8.95. The van der Waals surface area contributed by atoms with Crippen LogP contribution in [0.4, 0.5) is 5.69 Å². The molecule has 0 saturated heterocycles. The number of nitrogens with two attached hydrogens (primary N) is 1. The molecule has 19 heavy (non-hydrogen) atoms. The number of carbonyl (C=O) groups excluding carboxylic acids is 1. The van der Waals surface area contributed by atoms with Crippen LogP contribution in [0.15, 0.2) is 42.5 Å². The fourth-order valence-electron chi connectivity index (χ4n) is 1.81. The molecule has 0 fully saturated rings. The molecule has 0 spiro atoms. The summed E-state index contributed by atoms with van der Waals surface area (Å²) in [6, 6.07) is 13.0. The van der Waals surface area contributed by atoms with Gasteiger partial charge in [-0.05, 0) is 54.4 Å². The van der Waals surface area contributed by atoms with Crippen molar-refractivity contribution in [2.75, 3.05) is 5.32 Å². The second kappa shape index (κ2) is 5.76. The number of primary amides is 1. The van der Waals surface area contributed by atoms with Gasteiger partial charge in [-0.2, -0.15) is 0 Å². The largest absolute Gasteiger partial charge is 0.381 e. The molecule has 2 aromatic rings. The maximum Gasteiger partial charge on any atom is 0.248 e. The van der Waals surface area contributed by atoms with E-state index in [0.29, 0.717) is 17.1 Å². The first kappa shape index (κ1) is 13.4. The van der Waals surface area contributed by atoms with Crippen LogP contribution in [0.5, 0.6) is 0 Å². The van der Waals surface area contributed by atoms with E-state index in [4.69, 9.17) is 17.3 Å². The van der Waals surface area contributed by atoms with E-state index in [0.717, 1.165) is 16.8 Å². The highest BCUT2D eigenvalue weighted by atomic mass is 35.5. The third kappa shape index (κ3) is 3.48. The van der Waals surface area contributed by atoms with Crippen LogP contribution < -0.4 is 11.1 Å². The van der Waals surface area contributed by atoms with Crippen LogP contribution in [-0.4, -0.2) is 5.91 Å². The number of hydrogen-bond donors (Lipinski definition) is 2. The van der Waals surface area contributed by atoms with Crippen molar-refractivity contribution in [3.63, 3.8) is 0 Å². The van der Waals surface area contributed by atoms with Gasteiger partial charge in [0, 0.05) is 22.8 Å². The zero-order valence-corrected chi connectivity index (χ0v) is 11.4. The minimum absolute atomic E-state index is 0.402. The Morgan fingerprint density at radius 1 is 1.21 bits per heavy atom. The molecule has 3 N–H and O–H groups in total. The van der Waals surface area contributed by atoms with E-state index in [9.17, 15) is 4.79 Å². The molecule has 0 atom stereocenters. The Kier molecular flexibility index (Phi) is 4.07. The Morgan fingerprint density at radius 3 is 2.47 bits per heavy atom. The highest BCUT2D eigenvalue weighted by Crippen LogP contribution is 2.16. The van der Waals surface area contributed by atoms with Crippen LogP contribution >= 0.6 is 11.6 Å². The van der Waals surface area contributed by atoms with Gasteiger partial charge in [-0.1, -0.05) is 17.7 Å².